The van der Waals surface area contributed by atoms with Gasteiger partial charge in [0.25, 0.3) is 0 Å². The molecule has 0 aliphatic carbocycles. The maximum atomic E-state index is 12.3. The van der Waals surface area contributed by atoms with Gasteiger partial charge in [0, 0.05) is 11.1 Å². The highest BCUT2D eigenvalue weighted by molar-refractivity contribution is 6.12. The van der Waals surface area contributed by atoms with Gasteiger partial charge in [-0.15, -0.1) is 0 Å². The van der Waals surface area contributed by atoms with E-state index < -0.39 is 11.9 Å². The lowest BCUT2D eigenvalue weighted by molar-refractivity contribution is 0.0714. The van der Waals surface area contributed by atoms with Crippen molar-refractivity contribution in [1.82, 2.24) is 0 Å². The summed E-state index contributed by atoms with van der Waals surface area (Å²) in [6.07, 6.45) is 3.63. The quantitative estimate of drug-likeness (QED) is 0.598. The van der Waals surface area contributed by atoms with Gasteiger partial charge in [0.05, 0.1) is 11.1 Å². The molecule has 0 amide bonds. The number of carbonyl (C=O) groups is 2. The van der Waals surface area contributed by atoms with Crippen molar-refractivity contribution in [2.45, 2.75) is 0 Å². The highest BCUT2D eigenvalue weighted by atomic mass is 16.5. The average Bonchev–Trinajstić information content (AvgIpc) is 3.19. The summed E-state index contributed by atoms with van der Waals surface area (Å²) in [6, 6.07) is 22.6. The third-order valence-corrected chi connectivity index (χ3v) is 4.73. The van der Waals surface area contributed by atoms with Crippen molar-refractivity contribution in [3.05, 3.63) is 106 Å². The molecule has 0 bridgehead atoms. The first-order valence-electron chi connectivity index (χ1n) is 8.86. The largest absolute Gasteiger partial charge is 0.422 e. The molecule has 4 nitrogen and oxygen atoms in total. The first kappa shape index (κ1) is 16.3. The minimum atomic E-state index is -0.465. The summed E-state index contributed by atoms with van der Waals surface area (Å²) in [5.41, 5.74) is 3.91. The Hall–Kier alpha value is -3.92. The maximum Gasteiger partial charge on any atom is 0.344 e. The molecule has 4 heteroatoms. The Morgan fingerprint density at radius 1 is 0.536 bits per heavy atom. The van der Waals surface area contributed by atoms with Crippen LogP contribution in [0.5, 0.6) is 0 Å². The van der Waals surface area contributed by atoms with E-state index in [-0.39, 0.29) is 0 Å². The molecule has 0 spiro atoms. The highest BCUT2D eigenvalue weighted by Crippen LogP contribution is 2.39. The molecule has 3 aromatic rings. The van der Waals surface area contributed by atoms with Crippen LogP contribution in [-0.4, -0.2) is 11.9 Å². The van der Waals surface area contributed by atoms with Crippen LogP contribution in [0.2, 0.25) is 0 Å². The average molecular weight is 366 g/mol. The van der Waals surface area contributed by atoms with Gasteiger partial charge in [-0.2, -0.15) is 0 Å². The fourth-order valence-electron chi connectivity index (χ4n) is 3.38. The lowest BCUT2D eigenvalue weighted by Crippen LogP contribution is -1.98. The molecule has 0 saturated carbocycles. The molecule has 0 radical (unpaired) electrons. The third kappa shape index (κ3) is 2.72. The van der Waals surface area contributed by atoms with Gasteiger partial charge < -0.3 is 9.47 Å². The molecule has 0 fully saturated rings. The van der Waals surface area contributed by atoms with Crippen LogP contribution in [0.3, 0.4) is 0 Å². The van der Waals surface area contributed by atoms with E-state index in [1.165, 1.54) is 0 Å². The minimum Gasteiger partial charge on any atom is -0.422 e. The van der Waals surface area contributed by atoms with Gasteiger partial charge in [0.1, 0.15) is 11.5 Å². The second kappa shape index (κ2) is 6.35. The molecule has 3 aromatic carbocycles. The van der Waals surface area contributed by atoms with Gasteiger partial charge in [0.15, 0.2) is 0 Å². The summed E-state index contributed by atoms with van der Waals surface area (Å²) in [5, 5.41) is 0. The van der Waals surface area contributed by atoms with Gasteiger partial charge in [-0.3, -0.25) is 0 Å². The normalized spacial score (nSPS) is 17.4. The number of hydrogen-bond acceptors (Lipinski definition) is 4. The Labute approximate surface area is 161 Å². The van der Waals surface area contributed by atoms with Crippen molar-refractivity contribution in [3.8, 4) is 0 Å². The molecule has 2 aliphatic rings. The second-order valence-electron chi connectivity index (χ2n) is 6.56. The van der Waals surface area contributed by atoms with Gasteiger partial charge in [-0.1, -0.05) is 60.7 Å². The molecule has 0 saturated heterocycles. The number of cyclic esters (lactones) is 2. The van der Waals surface area contributed by atoms with Crippen LogP contribution in [0.4, 0.5) is 0 Å². The van der Waals surface area contributed by atoms with Crippen LogP contribution in [0, 0.1) is 0 Å². The lowest BCUT2D eigenvalue weighted by Gasteiger charge is -2.02. The van der Waals surface area contributed by atoms with E-state index in [2.05, 4.69) is 0 Å². The molecular formula is C24H14O4. The molecule has 0 atom stereocenters. The van der Waals surface area contributed by atoms with Gasteiger partial charge in [-0.25, -0.2) is 9.59 Å². The monoisotopic (exact) mass is 366 g/mol. The smallest absolute Gasteiger partial charge is 0.344 e. The molecule has 28 heavy (non-hydrogen) atoms. The minimum absolute atomic E-state index is 0.374. The van der Waals surface area contributed by atoms with Crippen LogP contribution in [-0.2, 0) is 9.47 Å². The number of benzene rings is 3. The van der Waals surface area contributed by atoms with E-state index in [1.807, 2.05) is 72.8 Å². The Morgan fingerprint density at radius 3 is 1.36 bits per heavy atom. The topological polar surface area (TPSA) is 52.6 Å². The number of fused-ring (bicyclic) bond motifs is 2. The number of esters is 2. The summed E-state index contributed by atoms with van der Waals surface area (Å²) < 4.78 is 10.9. The summed E-state index contributed by atoms with van der Waals surface area (Å²) in [6.45, 7) is 0. The zero-order valence-electron chi connectivity index (χ0n) is 14.7. The molecule has 5 rings (SSSR count). The van der Waals surface area contributed by atoms with Crippen LogP contribution >= 0.6 is 0 Å². The standard InChI is InChI=1S/C24H14O4/c25-23-19-14-20-18(22(28-24(20)26)12-16-9-5-2-6-10-16)13-17(19)21(27-23)11-15-7-3-1-4-8-15/h1-14H/b21-11-,22-12+. The van der Waals surface area contributed by atoms with Crippen molar-refractivity contribution in [2.75, 3.05) is 0 Å². The van der Waals surface area contributed by atoms with Crippen molar-refractivity contribution < 1.29 is 19.1 Å². The van der Waals surface area contributed by atoms with E-state index in [4.69, 9.17) is 9.47 Å². The summed E-state index contributed by atoms with van der Waals surface area (Å²) in [4.78, 5) is 24.6. The fraction of sp³-hybridized carbons (Fsp3) is 0. The van der Waals surface area contributed by atoms with Crippen molar-refractivity contribution in [1.29, 1.82) is 0 Å². The van der Waals surface area contributed by atoms with Crippen molar-refractivity contribution >= 4 is 35.6 Å². The first-order valence-corrected chi connectivity index (χ1v) is 8.86. The molecule has 2 aliphatic heterocycles. The molecule has 0 unspecified atom stereocenters. The summed E-state index contributed by atoms with van der Waals surface area (Å²) in [5.74, 6) is 0.00126. The van der Waals surface area contributed by atoms with Crippen LogP contribution < -0.4 is 0 Å². The molecule has 2 heterocycles. The van der Waals surface area contributed by atoms with E-state index in [9.17, 15) is 9.59 Å². The molecule has 0 N–H and O–H groups in total. The zero-order chi connectivity index (χ0) is 19.1. The SMILES string of the molecule is O=C1O/C(=C\c2ccccc2)c2cc3c(cc21)C(=O)O/C3=C/c1ccccc1. The Morgan fingerprint density at radius 2 is 0.929 bits per heavy atom. The highest BCUT2D eigenvalue weighted by Gasteiger charge is 2.34. The van der Waals surface area contributed by atoms with Crippen LogP contribution in [0.25, 0.3) is 23.7 Å². The van der Waals surface area contributed by atoms with E-state index in [0.29, 0.717) is 33.8 Å². The Balaban J connectivity index is 1.64. The van der Waals surface area contributed by atoms with E-state index in [1.54, 1.807) is 12.1 Å². The van der Waals surface area contributed by atoms with Crippen molar-refractivity contribution in [2.24, 2.45) is 0 Å². The predicted octanol–water partition coefficient (Wildman–Crippen LogP) is 5.02. The zero-order valence-corrected chi connectivity index (χ0v) is 14.7. The second-order valence-corrected chi connectivity index (χ2v) is 6.56. The third-order valence-electron chi connectivity index (χ3n) is 4.73. The molecule has 0 aromatic heterocycles. The first-order chi connectivity index (χ1) is 13.7. The lowest BCUT2D eigenvalue weighted by atomic mass is 9.97. The Bertz CT molecular complexity index is 1080. The van der Waals surface area contributed by atoms with Crippen LogP contribution in [0.15, 0.2) is 72.8 Å². The molecular weight excluding hydrogens is 352 g/mol. The number of rotatable bonds is 2. The fourth-order valence-corrected chi connectivity index (χ4v) is 3.38. The van der Waals surface area contributed by atoms with E-state index >= 15 is 0 Å². The van der Waals surface area contributed by atoms with Gasteiger partial charge >= 0.3 is 11.9 Å². The van der Waals surface area contributed by atoms with Crippen LogP contribution in [0.1, 0.15) is 43.0 Å². The Kier molecular flexibility index (Phi) is 3.69. The number of carbonyl (C=O) groups excluding carboxylic acids is 2. The molecule has 134 valence electrons. The van der Waals surface area contributed by atoms with E-state index in [0.717, 1.165) is 11.1 Å². The van der Waals surface area contributed by atoms with Gasteiger partial charge in [-0.05, 0) is 35.4 Å². The van der Waals surface area contributed by atoms with Crippen molar-refractivity contribution in [3.63, 3.8) is 0 Å². The summed E-state index contributed by atoms with van der Waals surface area (Å²) in [7, 11) is 0. The van der Waals surface area contributed by atoms with Gasteiger partial charge in [0.2, 0.25) is 0 Å². The maximum absolute atomic E-state index is 12.3. The summed E-state index contributed by atoms with van der Waals surface area (Å²) >= 11 is 0. The predicted molar refractivity (Wildman–Crippen MR) is 106 cm³/mol. The number of ether oxygens (including phenoxy) is 2. The number of hydrogen-bond donors (Lipinski definition) is 0.